The zero-order valence-electron chi connectivity index (χ0n) is 7.86. The lowest BCUT2D eigenvalue weighted by Gasteiger charge is -2.06. The van der Waals surface area contributed by atoms with Crippen LogP contribution in [0.25, 0.3) is 0 Å². The van der Waals surface area contributed by atoms with Crippen molar-refractivity contribution in [1.29, 1.82) is 0 Å². The van der Waals surface area contributed by atoms with Crippen molar-refractivity contribution in [2.24, 2.45) is 0 Å². The quantitative estimate of drug-likeness (QED) is 0.728. The van der Waals surface area contributed by atoms with E-state index >= 15 is 0 Å². The number of benzene rings is 1. The van der Waals surface area contributed by atoms with Gasteiger partial charge in [0.05, 0.1) is 17.7 Å². The minimum absolute atomic E-state index is 0.0443. The second kappa shape index (κ2) is 4.82. The zero-order valence-corrected chi connectivity index (χ0v) is 7.86. The van der Waals surface area contributed by atoms with Gasteiger partial charge < -0.3 is 10.4 Å². The van der Waals surface area contributed by atoms with Gasteiger partial charge in [-0.25, -0.2) is 4.79 Å². The van der Waals surface area contributed by atoms with Gasteiger partial charge in [-0.2, -0.15) is 0 Å². The van der Waals surface area contributed by atoms with Crippen LogP contribution in [0.1, 0.15) is 16.8 Å². The predicted molar refractivity (Wildman–Crippen MR) is 55.5 cm³/mol. The highest BCUT2D eigenvalue weighted by Crippen LogP contribution is 2.14. The molecule has 0 aliphatic heterocycles. The Balaban J connectivity index is 2.90. The van der Waals surface area contributed by atoms with Gasteiger partial charge in [-0.15, -0.1) is 6.42 Å². The Morgan fingerprint density at radius 1 is 1.40 bits per heavy atom. The van der Waals surface area contributed by atoms with E-state index in [9.17, 15) is 9.59 Å². The number of terminal acetylenes is 1. The van der Waals surface area contributed by atoms with E-state index < -0.39 is 11.9 Å². The standard InChI is InChI=1S/C11H9NO3/c1-2-5-10(13)12-9-7-4-3-6-8(9)11(14)15/h1,3-4,6-7H,5H2,(H,12,13)(H,14,15). The molecule has 76 valence electrons. The molecule has 0 fully saturated rings. The van der Waals surface area contributed by atoms with E-state index in [-0.39, 0.29) is 17.7 Å². The molecule has 1 amide bonds. The van der Waals surface area contributed by atoms with Crippen LogP contribution < -0.4 is 5.32 Å². The average molecular weight is 203 g/mol. The number of nitrogens with one attached hydrogen (secondary N) is 1. The smallest absolute Gasteiger partial charge is 0.337 e. The zero-order chi connectivity index (χ0) is 11.3. The van der Waals surface area contributed by atoms with E-state index in [4.69, 9.17) is 11.5 Å². The Labute approximate surface area is 86.9 Å². The lowest BCUT2D eigenvalue weighted by atomic mass is 10.2. The molecule has 4 nitrogen and oxygen atoms in total. The molecule has 1 aromatic carbocycles. The Hall–Kier alpha value is -2.28. The second-order valence-corrected chi connectivity index (χ2v) is 2.78. The Morgan fingerprint density at radius 3 is 2.67 bits per heavy atom. The summed E-state index contributed by atoms with van der Waals surface area (Å²) < 4.78 is 0. The maximum Gasteiger partial charge on any atom is 0.337 e. The molecule has 1 rings (SSSR count). The number of carboxylic acid groups (broad SMARTS) is 1. The third kappa shape index (κ3) is 2.85. The molecule has 4 heteroatoms. The number of aromatic carboxylic acids is 1. The summed E-state index contributed by atoms with van der Waals surface area (Å²) in [6.45, 7) is 0. The molecule has 0 heterocycles. The first-order valence-electron chi connectivity index (χ1n) is 4.20. The molecule has 0 atom stereocenters. The molecule has 0 radical (unpaired) electrons. The second-order valence-electron chi connectivity index (χ2n) is 2.78. The highest BCUT2D eigenvalue weighted by atomic mass is 16.4. The third-order valence-corrected chi connectivity index (χ3v) is 1.69. The van der Waals surface area contributed by atoms with Crippen molar-refractivity contribution >= 4 is 17.6 Å². The molecule has 0 bridgehead atoms. The summed E-state index contributed by atoms with van der Waals surface area (Å²) in [4.78, 5) is 21.9. The van der Waals surface area contributed by atoms with Crippen molar-refractivity contribution in [2.75, 3.05) is 5.32 Å². The van der Waals surface area contributed by atoms with E-state index in [1.807, 2.05) is 0 Å². The van der Waals surface area contributed by atoms with Crippen molar-refractivity contribution in [3.63, 3.8) is 0 Å². The molecule has 2 N–H and O–H groups in total. The van der Waals surface area contributed by atoms with Crippen LogP contribution in [-0.2, 0) is 4.79 Å². The Morgan fingerprint density at radius 2 is 2.07 bits per heavy atom. The van der Waals surface area contributed by atoms with Crippen molar-refractivity contribution in [3.05, 3.63) is 29.8 Å². The van der Waals surface area contributed by atoms with Gasteiger partial charge in [0, 0.05) is 0 Å². The number of carbonyl (C=O) groups is 2. The lowest BCUT2D eigenvalue weighted by molar-refractivity contribution is -0.115. The van der Waals surface area contributed by atoms with Gasteiger partial charge >= 0.3 is 5.97 Å². The van der Waals surface area contributed by atoms with Gasteiger partial charge in [0.1, 0.15) is 0 Å². The molecule has 0 aromatic heterocycles. The van der Waals surface area contributed by atoms with Gasteiger partial charge in [-0.05, 0) is 12.1 Å². The van der Waals surface area contributed by atoms with E-state index in [0.717, 1.165) is 0 Å². The third-order valence-electron chi connectivity index (χ3n) is 1.69. The van der Waals surface area contributed by atoms with Crippen molar-refractivity contribution in [3.8, 4) is 12.3 Å². The fraction of sp³-hybridized carbons (Fsp3) is 0.0909. The largest absolute Gasteiger partial charge is 0.478 e. The number of amides is 1. The number of anilines is 1. The first-order valence-corrected chi connectivity index (χ1v) is 4.20. The summed E-state index contributed by atoms with van der Waals surface area (Å²) in [5.74, 6) is 0.689. The van der Waals surface area contributed by atoms with Crippen LogP contribution in [0.2, 0.25) is 0 Å². The van der Waals surface area contributed by atoms with Crippen molar-refractivity contribution < 1.29 is 14.7 Å². The summed E-state index contributed by atoms with van der Waals surface area (Å²) in [6.07, 6.45) is 4.88. The number of hydrogen-bond acceptors (Lipinski definition) is 2. The molecule has 0 aliphatic rings. The van der Waals surface area contributed by atoms with E-state index in [2.05, 4.69) is 11.2 Å². The first kappa shape index (κ1) is 10.8. The number of rotatable bonds is 3. The Bertz CT molecular complexity index is 432. The summed E-state index contributed by atoms with van der Waals surface area (Å²) in [7, 11) is 0. The molecule has 0 aliphatic carbocycles. The maximum absolute atomic E-state index is 11.1. The number of para-hydroxylation sites is 1. The monoisotopic (exact) mass is 203 g/mol. The minimum atomic E-state index is -1.09. The molecule has 0 saturated heterocycles. The van der Waals surface area contributed by atoms with Crippen LogP contribution >= 0.6 is 0 Å². The van der Waals surface area contributed by atoms with Crippen molar-refractivity contribution in [2.45, 2.75) is 6.42 Å². The molecule has 0 unspecified atom stereocenters. The molecule has 15 heavy (non-hydrogen) atoms. The molecule has 0 saturated carbocycles. The SMILES string of the molecule is C#CCC(=O)Nc1ccccc1C(=O)O. The molecule has 1 aromatic rings. The van der Waals surface area contributed by atoms with Gasteiger partial charge in [0.2, 0.25) is 5.91 Å². The molecule has 0 spiro atoms. The molecular weight excluding hydrogens is 194 g/mol. The number of carboxylic acids is 1. The van der Waals surface area contributed by atoms with Crippen LogP contribution in [0.4, 0.5) is 5.69 Å². The topological polar surface area (TPSA) is 66.4 Å². The fourth-order valence-electron chi connectivity index (χ4n) is 1.07. The van der Waals surface area contributed by atoms with Crippen molar-refractivity contribution in [1.82, 2.24) is 0 Å². The van der Waals surface area contributed by atoms with Crippen LogP contribution in [0.5, 0.6) is 0 Å². The van der Waals surface area contributed by atoms with Gasteiger partial charge in [-0.3, -0.25) is 4.79 Å². The van der Waals surface area contributed by atoms with E-state index in [1.165, 1.54) is 12.1 Å². The minimum Gasteiger partial charge on any atom is -0.478 e. The number of carbonyl (C=O) groups excluding carboxylic acids is 1. The van der Waals surface area contributed by atoms with Gasteiger partial charge in [0.25, 0.3) is 0 Å². The van der Waals surface area contributed by atoms with Gasteiger partial charge in [0.15, 0.2) is 0 Å². The van der Waals surface area contributed by atoms with Gasteiger partial charge in [-0.1, -0.05) is 18.1 Å². The summed E-state index contributed by atoms with van der Waals surface area (Å²) in [6, 6.07) is 6.14. The van der Waals surface area contributed by atoms with E-state index in [1.54, 1.807) is 12.1 Å². The fourth-order valence-corrected chi connectivity index (χ4v) is 1.07. The summed E-state index contributed by atoms with van der Waals surface area (Å²) >= 11 is 0. The van der Waals surface area contributed by atoms with E-state index in [0.29, 0.717) is 0 Å². The first-order chi connectivity index (χ1) is 7.15. The predicted octanol–water partition coefficient (Wildman–Crippen LogP) is 1.35. The van der Waals surface area contributed by atoms with Crippen LogP contribution in [0, 0.1) is 12.3 Å². The number of hydrogen-bond donors (Lipinski definition) is 2. The lowest BCUT2D eigenvalue weighted by Crippen LogP contribution is -2.13. The average Bonchev–Trinajstić information content (AvgIpc) is 2.18. The Kier molecular flexibility index (Phi) is 3.47. The summed E-state index contributed by atoms with van der Waals surface area (Å²) in [5, 5.41) is 11.2. The normalized spacial score (nSPS) is 9.00. The maximum atomic E-state index is 11.1. The highest BCUT2D eigenvalue weighted by Gasteiger charge is 2.10. The summed E-state index contributed by atoms with van der Waals surface area (Å²) in [5.41, 5.74) is 0.299. The van der Waals surface area contributed by atoms with Crippen LogP contribution in [0.3, 0.4) is 0 Å². The highest BCUT2D eigenvalue weighted by molar-refractivity contribution is 6.00. The molecular formula is C11H9NO3. The van der Waals surface area contributed by atoms with Crippen LogP contribution in [0.15, 0.2) is 24.3 Å². The van der Waals surface area contributed by atoms with Crippen LogP contribution in [-0.4, -0.2) is 17.0 Å².